The maximum Gasteiger partial charge on any atom is 0.387 e. The third kappa shape index (κ3) is 39.6. The van der Waals surface area contributed by atoms with Gasteiger partial charge in [0.2, 0.25) is 0 Å². The Hall–Kier alpha value is -6.79. The highest BCUT2D eigenvalue weighted by Gasteiger charge is 2.22. The number of esters is 4. The summed E-state index contributed by atoms with van der Waals surface area (Å²) in [5, 5.41) is 0. The molecule has 76 heavy (non-hydrogen) atoms. The number of imidazole rings is 3. The molecule has 0 aliphatic rings. The minimum absolute atomic E-state index is 0.00171. The van der Waals surface area contributed by atoms with Crippen molar-refractivity contribution in [2.75, 3.05) is 75.3 Å². The molecule has 3 aromatic heterocycles. The van der Waals surface area contributed by atoms with Crippen molar-refractivity contribution in [2.45, 2.75) is 153 Å². The fourth-order valence-corrected chi connectivity index (χ4v) is 4.76. The minimum Gasteiger partial charge on any atom is -0.471 e. The van der Waals surface area contributed by atoms with Gasteiger partial charge in [0.05, 0.1) is 57.6 Å². The average molecular weight is 1070 g/mol. The molecule has 23 nitrogen and oxygen atoms in total. The predicted molar refractivity (Wildman–Crippen MR) is 294 cm³/mol. The number of hydrogen-bond acceptors (Lipinski definition) is 18. The third-order valence-electron chi connectivity index (χ3n) is 8.18. The first-order valence-electron chi connectivity index (χ1n) is 24.8. The predicted octanol–water partition coefficient (Wildman–Crippen LogP) is 7.81. The molecule has 0 unspecified atom stereocenters. The smallest absolute Gasteiger partial charge is 0.387 e. The number of Topliss-reactive ketones (excluding diaryl/α,β-unsaturated/α-hetero) is 2. The monoisotopic (exact) mass is 1070 g/mol. The van der Waals surface area contributed by atoms with Crippen molar-refractivity contribution in [2.24, 2.45) is 5.73 Å². The number of ketones is 2. The molecule has 0 saturated heterocycles. The van der Waals surface area contributed by atoms with Crippen LogP contribution in [0.3, 0.4) is 0 Å². The van der Waals surface area contributed by atoms with Crippen LogP contribution in [-0.4, -0.2) is 172 Å². The Morgan fingerprint density at radius 2 is 1.03 bits per heavy atom. The van der Waals surface area contributed by atoms with Gasteiger partial charge >= 0.3 is 30.4 Å². The normalized spacial score (nSPS) is 10.6. The molecule has 3 aromatic rings. The molecule has 0 aliphatic heterocycles. The van der Waals surface area contributed by atoms with Crippen LogP contribution in [0, 0.1) is 13.1 Å². The van der Waals surface area contributed by atoms with Gasteiger partial charge in [-0.1, -0.05) is 13.8 Å². The number of carbonyl (C=O) groups excluding carboxylic acids is 6. The molecule has 0 aliphatic carbocycles. The van der Waals surface area contributed by atoms with E-state index in [4.69, 9.17) is 33.1 Å². The molecule has 2 N–H and O–H groups in total. The molecule has 0 aromatic carbocycles. The van der Waals surface area contributed by atoms with E-state index in [0.717, 1.165) is 0 Å². The lowest BCUT2D eigenvalue weighted by Crippen LogP contribution is -2.46. The second-order valence-electron chi connectivity index (χ2n) is 18.7. The molecule has 3 heterocycles. The molecule has 0 fully saturated rings. The lowest BCUT2D eigenvalue weighted by Gasteiger charge is -2.35. The fourth-order valence-electron chi connectivity index (χ4n) is 4.76. The first-order valence-corrected chi connectivity index (χ1v) is 24.8. The van der Waals surface area contributed by atoms with Gasteiger partial charge in [-0.2, -0.15) is 0 Å². The van der Waals surface area contributed by atoms with Gasteiger partial charge in [0, 0.05) is 63.9 Å². The highest BCUT2D eigenvalue weighted by atomic mass is 16.5. The molecule has 0 spiro atoms. The topological polar surface area (TPSA) is 246 Å². The molecular weight excluding hydrogens is 981 g/mol. The molecule has 430 valence electrons. The van der Waals surface area contributed by atoms with Crippen LogP contribution in [0.5, 0.6) is 0 Å². The van der Waals surface area contributed by atoms with Crippen molar-refractivity contribution in [3.63, 3.8) is 0 Å². The molecule has 0 saturated carbocycles. The summed E-state index contributed by atoms with van der Waals surface area (Å²) in [4.78, 5) is 89.3. The van der Waals surface area contributed by atoms with Gasteiger partial charge in [-0.05, 0) is 124 Å². The van der Waals surface area contributed by atoms with E-state index in [0.29, 0.717) is 55.0 Å². The summed E-state index contributed by atoms with van der Waals surface area (Å²) in [6.07, 6.45) is 11.3. The van der Waals surface area contributed by atoms with Crippen LogP contribution in [0.1, 0.15) is 167 Å². The number of rotatable bonds is 18. The number of hydrogen-bond donors (Lipinski definition) is 1. The Morgan fingerprint density at radius 3 is 1.33 bits per heavy atom. The van der Waals surface area contributed by atoms with Crippen molar-refractivity contribution in [1.29, 1.82) is 0 Å². The summed E-state index contributed by atoms with van der Waals surface area (Å²) in [6.45, 7) is 44.7. The van der Waals surface area contributed by atoms with Crippen LogP contribution < -0.4 is 5.73 Å². The highest BCUT2D eigenvalue weighted by molar-refractivity contribution is 6.04. The first kappa shape index (κ1) is 75.7. The van der Waals surface area contributed by atoms with Crippen molar-refractivity contribution >= 4 is 35.4 Å². The zero-order valence-corrected chi connectivity index (χ0v) is 49.7. The standard InChI is InChI=1S/C11H16N2O3.C9H14N2O2.C9H22N2O.C8H12N2O2.C8H12N2O.C5H7NO2.C3H9N/c1-4-16-11(15)5-10(14)9-6-13(7-12-9)8(2)3;1-4-13-9(12)8-5-11(6-10-8)7(2)3;1-9(2,3)12-8(10(4)5)11(6)7;1-5-12-8(11)7(9-2)6-10(3)4;1-6(2)10-4-8(7(3)11)9-5-10;1-3-8-5(7)4-6-2;1-3(2)4/h6-8H,4-5H2,1-3H3;5-7H,4H2,1-3H3;8H,1-7H3;6H,5H2,1,3-4H3;4-6H,1-3H3;3-4H2,1H3;3H,4H2,1-2H3/b;;;7-6-;;;. The van der Waals surface area contributed by atoms with E-state index < -0.39 is 17.9 Å². The number of carbonyl (C=O) groups is 6. The molecule has 0 amide bonds. The number of ether oxygens (including phenoxy) is 5. The van der Waals surface area contributed by atoms with Crippen molar-refractivity contribution in [3.8, 4) is 0 Å². The lowest BCUT2D eigenvalue weighted by molar-refractivity contribution is -0.179. The summed E-state index contributed by atoms with van der Waals surface area (Å²) < 4.78 is 30.0. The van der Waals surface area contributed by atoms with Crippen LogP contribution in [0.2, 0.25) is 0 Å². The summed E-state index contributed by atoms with van der Waals surface area (Å²) in [5.41, 5.74) is 6.23. The lowest BCUT2D eigenvalue weighted by atomic mass is 10.2. The Balaban J connectivity index is -0.000000407. The summed E-state index contributed by atoms with van der Waals surface area (Å²) in [6, 6.07) is 1.27. The van der Waals surface area contributed by atoms with Crippen LogP contribution in [0.15, 0.2) is 49.5 Å². The minimum atomic E-state index is -0.568. The zero-order valence-electron chi connectivity index (χ0n) is 49.7. The van der Waals surface area contributed by atoms with Crippen molar-refractivity contribution < 1.29 is 52.5 Å². The maximum atomic E-state index is 11.6. The SMILES string of the molecule is CC(=O)c1cn(C(C)C)cn1.CC(C)N.CCOC(=O)CC(=O)c1cn(C(C)C)cn1.CCOC(=O)c1cn(C(C)C)cn1.CN(C)C(OC(C)(C)C)N(C)C.[C-]#[N+]/C(=C\N(C)C)C(=O)OCC.[C-]#[N+]CC(=O)OCC. The number of nitrogens with zero attached hydrogens (tertiary/aromatic N) is 11. The van der Waals surface area contributed by atoms with E-state index in [1.807, 2.05) is 107 Å². The van der Waals surface area contributed by atoms with Crippen LogP contribution in [0.4, 0.5) is 0 Å². The van der Waals surface area contributed by atoms with Crippen LogP contribution in [-0.2, 0) is 38.1 Å². The van der Waals surface area contributed by atoms with Gasteiger partial charge in [0.15, 0.2) is 23.6 Å². The third-order valence-corrected chi connectivity index (χ3v) is 8.18. The van der Waals surface area contributed by atoms with Gasteiger partial charge in [-0.15, -0.1) is 0 Å². The van der Waals surface area contributed by atoms with Gasteiger partial charge in [-0.3, -0.25) is 29.0 Å². The van der Waals surface area contributed by atoms with E-state index in [-0.39, 0.29) is 60.8 Å². The Morgan fingerprint density at radius 1 is 0.645 bits per heavy atom. The quantitative estimate of drug-likeness (QED) is 0.0243. The van der Waals surface area contributed by atoms with Gasteiger partial charge < -0.3 is 52.9 Å². The largest absolute Gasteiger partial charge is 0.471 e. The van der Waals surface area contributed by atoms with E-state index in [2.05, 4.69) is 54.9 Å². The molecule has 3 rings (SSSR count). The number of aromatic nitrogens is 6. The molecular formula is C53H92N12O11. The van der Waals surface area contributed by atoms with E-state index in [9.17, 15) is 28.8 Å². The van der Waals surface area contributed by atoms with E-state index in [1.165, 1.54) is 13.1 Å². The van der Waals surface area contributed by atoms with Crippen LogP contribution >= 0.6 is 0 Å². The highest BCUT2D eigenvalue weighted by Crippen LogP contribution is 2.13. The summed E-state index contributed by atoms with van der Waals surface area (Å²) in [7, 11) is 11.5. The van der Waals surface area contributed by atoms with E-state index in [1.54, 1.807) is 84.3 Å². The maximum absolute atomic E-state index is 11.6. The van der Waals surface area contributed by atoms with Crippen molar-refractivity contribution in [3.05, 3.63) is 89.4 Å². The fraction of sp³-hybridized carbons (Fsp3) is 0.642. The van der Waals surface area contributed by atoms with Gasteiger partial charge in [0.25, 0.3) is 5.70 Å². The number of nitrogens with two attached hydrogens (primary N) is 1. The molecule has 0 atom stereocenters. The van der Waals surface area contributed by atoms with Crippen molar-refractivity contribution in [1.82, 2.24) is 43.4 Å². The summed E-state index contributed by atoms with van der Waals surface area (Å²) >= 11 is 0. The second-order valence-corrected chi connectivity index (χ2v) is 18.7. The Labute approximate surface area is 453 Å². The van der Waals surface area contributed by atoms with E-state index >= 15 is 0 Å². The van der Waals surface area contributed by atoms with Crippen LogP contribution in [0.25, 0.3) is 9.69 Å². The van der Waals surface area contributed by atoms with Gasteiger partial charge in [-0.25, -0.2) is 36.0 Å². The molecule has 0 bridgehead atoms. The Kier molecular flexibility index (Phi) is 42.3. The molecule has 0 radical (unpaired) electrons. The second kappa shape index (κ2) is 42.4. The van der Waals surface area contributed by atoms with Gasteiger partial charge in [0.1, 0.15) is 17.8 Å². The molecule has 23 heteroatoms. The average Bonchev–Trinajstić information content (AvgIpc) is 4.11. The summed E-state index contributed by atoms with van der Waals surface area (Å²) in [5.74, 6) is -2.17. The zero-order chi connectivity index (χ0) is 59.9. The first-order chi connectivity index (χ1) is 35.2. The Bertz CT molecular complexity index is 2210.